The fourth-order valence-electron chi connectivity index (χ4n) is 2.06. The molecule has 0 radical (unpaired) electrons. The molecular weight excluding hydrogens is 262 g/mol. The van der Waals surface area contributed by atoms with Crippen LogP contribution in [0.4, 0.5) is 5.82 Å². The van der Waals surface area contributed by atoms with E-state index >= 15 is 0 Å². The molecule has 2 aromatic rings. The largest absolute Gasteiger partial charge is 0.376 e. The second-order valence-corrected chi connectivity index (χ2v) is 5.32. The molecule has 1 aliphatic rings. The molecule has 0 aromatic carbocycles. The Balaban J connectivity index is 1.77. The third kappa shape index (κ3) is 2.86. The first-order valence-corrected chi connectivity index (χ1v) is 7.42. The predicted octanol–water partition coefficient (Wildman–Crippen LogP) is 2.08. The van der Waals surface area contributed by atoms with Crippen molar-refractivity contribution in [1.82, 2.24) is 9.97 Å². The maximum Gasteiger partial charge on any atom is 0.138 e. The molecule has 3 heterocycles. The molecular formula is C13H17N3O2S. The zero-order valence-corrected chi connectivity index (χ0v) is 11.7. The molecule has 0 saturated carbocycles. The standard InChI is InChI=1S/C13H17N3O2S/c1-2-11-15-12(10-3-6-19-13(10)16-11)14-7-9-8-17-4-5-18-9/h3,6,9H,2,4-5,7-8H2,1H3,(H,14,15,16). The van der Waals surface area contributed by atoms with Gasteiger partial charge in [0.1, 0.15) is 16.5 Å². The van der Waals surface area contributed by atoms with Gasteiger partial charge in [0.15, 0.2) is 0 Å². The average molecular weight is 279 g/mol. The van der Waals surface area contributed by atoms with Crippen molar-refractivity contribution in [3.05, 3.63) is 17.3 Å². The van der Waals surface area contributed by atoms with Crippen molar-refractivity contribution in [2.24, 2.45) is 0 Å². The molecule has 6 heteroatoms. The van der Waals surface area contributed by atoms with E-state index in [1.165, 1.54) is 0 Å². The minimum atomic E-state index is 0.0995. The first-order valence-electron chi connectivity index (χ1n) is 6.54. The molecule has 102 valence electrons. The maximum atomic E-state index is 5.62. The van der Waals surface area contributed by atoms with Gasteiger partial charge in [0, 0.05) is 13.0 Å². The Hall–Kier alpha value is -1.24. The lowest BCUT2D eigenvalue weighted by Gasteiger charge is -2.23. The molecule has 1 N–H and O–H groups in total. The van der Waals surface area contributed by atoms with Crippen LogP contribution in [0.5, 0.6) is 0 Å². The molecule has 1 atom stereocenters. The van der Waals surface area contributed by atoms with E-state index in [-0.39, 0.29) is 6.10 Å². The Bertz CT molecular complexity index is 552. The lowest BCUT2D eigenvalue weighted by atomic mass is 10.3. The highest BCUT2D eigenvalue weighted by molar-refractivity contribution is 7.16. The van der Waals surface area contributed by atoms with Crippen molar-refractivity contribution in [2.45, 2.75) is 19.4 Å². The van der Waals surface area contributed by atoms with Crippen LogP contribution in [0.25, 0.3) is 10.2 Å². The molecule has 0 bridgehead atoms. The summed E-state index contributed by atoms with van der Waals surface area (Å²) in [6.45, 7) is 4.79. The summed E-state index contributed by atoms with van der Waals surface area (Å²) >= 11 is 1.65. The van der Waals surface area contributed by atoms with Gasteiger partial charge in [-0.2, -0.15) is 0 Å². The van der Waals surface area contributed by atoms with Gasteiger partial charge in [-0.05, 0) is 11.4 Å². The van der Waals surface area contributed by atoms with Crippen molar-refractivity contribution in [3.63, 3.8) is 0 Å². The van der Waals surface area contributed by atoms with Gasteiger partial charge in [-0.25, -0.2) is 9.97 Å². The van der Waals surface area contributed by atoms with Crippen molar-refractivity contribution in [3.8, 4) is 0 Å². The number of aromatic nitrogens is 2. The highest BCUT2D eigenvalue weighted by Gasteiger charge is 2.15. The normalized spacial score (nSPS) is 19.7. The minimum Gasteiger partial charge on any atom is -0.376 e. The van der Waals surface area contributed by atoms with Gasteiger partial charge in [0.05, 0.1) is 31.3 Å². The van der Waals surface area contributed by atoms with Gasteiger partial charge >= 0.3 is 0 Å². The van der Waals surface area contributed by atoms with Crippen LogP contribution in [-0.2, 0) is 15.9 Å². The number of hydrogen-bond donors (Lipinski definition) is 1. The molecule has 0 aliphatic carbocycles. The first kappa shape index (κ1) is 12.8. The molecule has 0 spiro atoms. The summed E-state index contributed by atoms with van der Waals surface area (Å²) in [6.07, 6.45) is 0.938. The van der Waals surface area contributed by atoms with E-state index < -0.39 is 0 Å². The quantitative estimate of drug-likeness (QED) is 0.928. The van der Waals surface area contributed by atoms with Crippen molar-refractivity contribution in [1.29, 1.82) is 0 Å². The van der Waals surface area contributed by atoms with Crippen molar-refractivity contribution < 1.29 is 9.47 Å². The lowest BCUT2D eigenvalue weighted by Crippen LogP contribution is -2.34. The van der Waals surface area contributed by atoms with Gasteiger partial charge in [0.25, 0.3) is 0 Å². The second-order valence-electron chi connectivity index (χ2n) is 4.43. The van der Waals surface area contributed by atoms with Crippen LogP contribution in [0.2, 0.25) is 0 Å². The Labute approximate surface area is 116 Å². The molecule has 0 amide bonds. The summed E-state index contributed by atoms with van der Waals surface area (Å²) in [6, 6.07) is 2.06. The maximum absolute atomic E-state index is 5.62. The Morgan fingerprint density at radius 3 is 3.16 bits per heavy atom. The van der Waals surface area contributed by atoms with Gasteiger partial charge in [0.2, 0.25) is 0 Å². The van der Waals surface area contributed by atoms with Crippen LogP contribution in [0.1, 0.15) is 12.7 Å². The Kier molecular flexibility index (Phi) is 3.91. The summed E-state index contributed by atoms with van der Waals surface area (Å²) in [4.78, 5) is 10.1. The summed E-state index contributed by atoms with van der Waals surface area (Å²) < 4.78 is 11.0. The third-order valence-corrected chi connectivity index (χ3v) is 3.88. The predicted molar refractivity (Wildman–Crippen MR) is 75.8 cm³/mol. The highest BCUT2D eigenvalue weighted by Crippen LogP contribution is 2.25. The van der Waals surface area contributed by atoms with Crippen LogP contribution >= 0.6 is 11.3 Å². The Morgan fingerprint density at radius 1 is 1.42 bits per heavy atom. The minimum absolute atomic E-state index is 0.0995. The zero-order chi connectivity index (χ0) is 13.1. The Morgan fingerprint density at radius 2 is 2.37 bits per heavy atom. The summed E-state index contributed by atoms with van der Waals surface area (Å²) in [7, 11) is 0. The second kappa shape index (κ2) is 5.81. The van der Waals surface area contributed by atoms with E-state index in [1.807, 2.05) is 5.38 Å². The summed E-state index contributed by atoms with van der Waals surface area (Å²) in [5.41, 5.74) is 0. The molecule has 19 heavy (non-hydrogen) atoms. The smallest absolute Gasteiger partial charge is 0.138 e. The number of anilines is 1. The number of fused-ring (bicyclic) bond motifs is 1. The van der Waals surface area contributed by atoms with Crippen LogP contribution < -0.4 is 5.32 Å². The van der Waals surface area contributed by atoms with Gasteiger partial charge in [-0.3, -0.25) is 0 Å². The summed E-state index contributed by atoms with van der Waals surface area (Å²) in [5.74, 6) is 1.77. The fourth-order valence-corrected chi connectivity index (χ4v) is 2.84. The molecule has 1 unspecified atom stereocenters. The van der Waals surface area contributed by atoms with E-state index in [1.54, 1.807) is 11.3 Å². The molecule has 1 aliphatic heterocycles. The number of nitrogens with one attached hydrogen (secondary N) is 1. The van der Waals surface area contributed by atoms with Crippen LogP contribution in [0.15, 0.2) is 11.4 Å². The number of nitrogens with zero attached hydrogens (tertiary/aromatic N) is 2. The lowest BCUT2D eigenvalue weighted by molar-refractivity contribution is -0.0819. The average Bonchev–Trinajstić information content (AvgIpc) is 2.94. The number of aryl methyl sites for hydroxylation is 1. The third-order valence-electron chi connectivity index (χ3n) is 3.07. The van der Waals surface area contributed by atoms with Crippen LogP contribution in [0.3, 0.4) is 0 Å². The van der Waals surface area contributed by atoms with E-state index in [2.05, 4.69) is 28.3 Å². The molecule has 1 saturated heterocycles. The van der Waals surface area contributed by atoms with Crippen molar-refractivity contribution >= 4 is 27.4 Å². The zero-order valence-electron chi connectivity index (χ0n) is 10.9. The van der Waals surface area contributed by atoms with Crippen LogP contribution in [0, 0.1) is 0 Å². The molecule has 2 aromatic heterocycles. The van der Waals surface area contributed by atoms with Gasteiger partial charge < -0.3 is 14.8 Å². The molecule has 1 fully saturated rings. The van der Waals surface area contributed by atoms with Gasteiger partial charge in [-0.1, -0.05) is 6.92 Å². The number of rotatable bonds is 4. The SMILES string of the molecule is CCc1nc(NCC2COCCO2)c2ccsc2n1. The number of hydrogen-bond acceptors (Lipinski definition) is 6. The number of thiophene rings is 1. The fraction of sp³-hybridized carbons (Fsp3) is 0.538. The molecule has 5 nitrogen and oxygen atoms in total. The molecule has 3 rings (SSSR count). The van der Waals surface area contributed by atoms with E-state index in [0.717, 1.165) is 28.3 Å². The highest BCUT2D eigenvalue weighted by atomic mass is 32.1. The monoisotopic (exact) mass is 279 g/mol. The number of ether oxygens (including phenoxy) is 2. The topological polar surface area (TPSA) is 56.3 Å². The van der Waals surface area contributed by atoms with Gasteiger partial charge in [-0.15, -0.1) is 11.3 Å². The van der Waals surface area contributed by atoms with Crippen molar-refractivity contribution in [2.75, 3.05) is 31.7 Å². The van der Waals surface area contributed by atoms with E-state index in [4.69, 9.17) is 9.47 Å². The van der Waals surface area contributed by atoms with E-state index in [9.17, 15) is 0 Å². The van der Waals surface area contributed by atoms with Crippen LogP contribution in [-0.4, -0.2) is 42.4 Å². The van der Waals surface area contributed by atoms with E-state index in [0.29, 0.717) is 26.4 Å². The first-order chi connectivity index (χ1) is 9.36. The summed E-state index contributed by atoms with van der Waals surface area (Å²) in [5, 5.41) is 6.50.